The van der Waals surface area contributed by atoms with E-state index in [0.29, 0.717) is 21.7 Å². The first-order valence-corrected chi connectivity index (χ1v) is 7.36. The van der Waals surface area contributed by atoms with Crippen LogP contribution in [0.3, 0.4) is 0 Å². The molecule has 21 heavy (non-hydrogen) atoms. The summed E-state index contributed by atoms with van der Waals surface area (Å²) in [7, 11) is 0. The number of hydrogen-bond acceptors (Lipinski definition) is 3. The first-order chi connectivity index (χ1) is 10.0. The van der Waals surface area contributed by atoms with E-state index in [1.807, 2.05) is 17.7 Å². The third kappa shape index (κ3) is 4.07. The lowest BCUT2D eigenvalue weighted by Gasteiger charge is -2.15. The standard InChI is InChI=1S/C13H13BrClF2N3O/c1-2-20-4-3-18-11(20)7-19-10-6-8(15)5-9(14)12(10)21-13(16)17/h3-6,13,19H,2,7H2,1H3. The minimum atomic E-state index is -2.92. The SMILES string of the molecule is CCn1ccnc1CNc1cc(Cl)cc(Br)c1OC(F)F. The monoisotopic (exact) mass is 379 g/mol. The highest BCUT2D eigenvalue weighted by Crippen LogP contribution is 2.37. The van der Waals surface area contributed by atoms with Crippen LogP contribution in [0.25, 0.3) is 0 Å². The highest BCUT2D eigenvalue weighted by Gasteiger charge is 2.15. The molecular formula is C13H13BrClF2N3O. The number of benzene rings is 1. The Morgan fingerprint density at radius 3 is 2.90 bits per heavy atom. The van der Waals surface area contributed by atoms with Crippen LogP contribution >= 0.6 is 27.5 Å². The predicted octanol–water partition coefficient (Wildman–Crippen LogP) is 4.53. The van der Waals surface area contributed by atoms with Gasteiger partial charge in [0, 0.05) is 24.0 Å². The Kier molecular flexibility index (Phi) is 5.41. The van der Waals surface area contributed by atoms with Crippen LogP contribution in [0.2, 0.25) is 5.02 Å². The van der Waals surface area contributed by atoms with Gasteiger partial charge in [-0.15, -0.1) is 0 Å². The average molecular weight is 381 g/mol. The van der Waals surface area contributed by atoms with E-state index in [9.17, 15) is 8.78 Å². The van der Waals surface area contributed by atoms with Crippen molar-refractivity contribution >= 4 is 33.2 Å². The number of rotatable bonds is 6. The Bertz CT molecular complexity index is 621. The molecule has 0 atom stereocenters. The van der Waals surface area contributed by atoms with Crippen molar-refractivity contribution in [1.82, 2.24) is 9.55 Å². The number of ether oxygens (including phenoxy) is 1. The van der Waals surface area contributed by atoms with Crippen LogP contribution in [0.4, 0.5) is 14.5 Å². The Hall–Kier alpha value is -1.34. The van der Waals surface area contributed by atoms with E-state index in [2.05, 4.69) is 31.0 Å². The number of nitrogens with zero attached hydrogens (tertiary/aromatic N) is 2. The van der Waals surface area contributed by atoms with Gasteiger partial charge >= 0.3 is 6.61 Å². The molecule has 1 N–H and O–H groups in total. The Labute approximate surface area is 134 Å². The molecule has 4 nitrogen and oxygen atoms in total. The van der Waals surface area contributed by atoms with E-state index < -0.39 is 6.61 Å². The number of anilines is 1. The van der Waals surface area contributed by atoms with Crippen LogP contribution in [-0.2, 0) is 13.1 Å². The lowest BCUT2D eigenvalue weighted by Crippen LogP contribution is -2.10. The van der Waals surface area contributed by atoms with Gasteiger partial charge in [0.2, 0.25) is 0 Å². The van der Waals surface area contributed by atoms with Gasteiger partial charge < -0.3 is 14.6 Å². The molecule has 0 amide bonds. The number of hydrogen-bond donors (Lipinski definition) is 1. The molecule has 0 saturated heterocycles. The number of imidazole rings is 1. The van der Waals surface area contributed by atoms with Gasteiger partial charge in [-0.1, -0.05) is 11.6 Å². The van der Waals surface area contributed by atoms with Crippen LogP contribution in [0.5, 0.6) is 5.75 Å². The maximum atomic E-state index is 12.5. The van der Waals surface area contributed by atoms with Crippen molar-refractivity contribution < 1.29 is 13.5 Å². The van der Waals surface area contributed by atoms with Gasteiger partial charge in [-0.3, -0.25) is 0 Å². The van der Waals surface area contributed by atoms with Gasteiger partial charge in [0.1, 0.15) is 5.82 Å². The summed E-state index contributed by atoms with van der Waals surface area (Å²) >= 11 is 9.11. The maximum absolute atomic E-state index is 12.5. The molecule has 0 spiro atoms. The van der Waals surface area contributed by atoms with Crippen LogP contribution in [-0.4, -0.2) is 16.2 Å². The van der Waals surface area contributed by atoms with Crippen molar-refractivity contribution in [2.24, 2.45) is 0 Å². The normalized spacial score (nSPS) is 11.0. The highest BCUT2D eigenvalue weighted by atomic mass is 79.9. The molecule has 2 aromatic rings. The first-order valence-electron chi connectivity index (χ1n) is 6.19. The fourth-order valence-electron chi connectivity index (χ4n) is 1.87. The molecule has 0 aliphatic carbocycles. The number of aromatic nitrogens is 2. The van der Waals surface area contributed by atoms with Crippen LogP contribution in [0, 0.1) is 0 Å². The summed E-state index contributed by atoms with van der Waals surface area (Å²) in [6.45, 7) is 0.219. The fourth-order valence-corrected chi connectivity index (χ4v) is 2.77. The lowest BCUT2D eigenvalue weighted by atomic mass is 10.3. The van der Waals surface area contributed by atoms with Gasteiger partial charge in [0.05, 0.1) is 16.7 Å². The largest absolute Gasteiger partial charge is 0.431 e. The molecule has 0 aliphatic rings. The summed E-state index contributed by atoms with van der Waals surface area (Å²) in [6, 6.07) is 3.03. The van der Waals surface area contributed by atoms with E-state index >= 15 is 0 Å². The summed E-state index contributed by atoms with van der Waals surface area (Å²) in [6.07, 6.45) is 3.53. The summed E-state index contributed by atoms with van der Waals surface area (Å²) in [5, 5.41) is 3.43. The van der Waals surface area contributed by atoms with Crippen molar-refractivity contribution in [3.05, 3.63) is 39.8 Å². The smallest absolute Gasteiger partial charge is 0.387 e. The third-order valence-corrected chi connectivity index (χ3v) is 3.60. The fraction of sp³-hybridized carbons (Fsp3) is 0.308. The van der Waals surface area contributed by atoms with E-state index in [1.54, 1.807) is 6.20 Å². The molecule has 0 fully saturated rings. The van der Waals surface area contributed by atoms with Crippen LogP contribution in [0.1, 0.15) is 12.7 Å². The molecule has 2 rings (SSSR count). The Balaban J connectivity index is 2.22. The first kappa shape index (κ1) is 16.0. The Morgan fingerprint density at radius 2 is 2.24 bits per heavy atom. The van der Waals surface area contributed by atoms with E-state index in [-0.39, 0.29) is 5.75 Å². The number of alkyl halides is 2. The van der Waals surface area contributed by atoms with Gasteiger partial charge in [-0.05, 0) is 35.0 Å². The molecule has 0 bridgehead atoms. The molecule has 0 aliphatic heterocycles. The zero-order valence-corrected chi connectivity index (χ0v) is 13.5. The molecule has 0 saturated carbocycles. The summed E-state index contributed by atoms with van der Waals surface area (Å²) in [5.74, 6) is 0.806. The number of aryl methyl sites for hydroxylation is 1. The second-order valence-corrected chi connectivity index (χ2v) is 5.42. The van der Waals surface area contributed by atoms with Gasteiger partial charge in [-0.2, -0.15) is 8.78 Å². The summed E-state index contributed by atoms with van der Waals surface area (Å²) in [5.41, 5.74) is 0.375. The molecule has 1 aromatic heterocycles. The van der Waals surface area contributed by atoms with Crippen LogP contribution < -0.4 is 10.1 Å². The third-order valence-electron chi connectivity index (χ3n) is 2.79. The molecule has 114 valence electrons. The molecule has 0 radical (unpaired) electrons. The van der Waals surface area contributed by atoms with Crippen molar-refractivity contribution in [1.29, 1.82) is 0 Å². The second kappa shape index (κ2) is 7.09. The van der Waals surface area contributed by atoms with E-state index in [0.717, 1.165) is 12.4 Å². The Morgan fingerprint density at radius 1 is 1.48 bits per heavy atom. The van der Waals surface area contributed by atoms with Gasteiger partial charge in [0.25, 0.3) is 0 Å². The molecule has 1 aromatic carbocycles. The number of halogens is 4. The maximum Gasteiger partial charge on any atom is 0.387 e. The van der Waals surface area contributed by atoms with Crippen LogP contribution in [0.15, 0.2) is 29.0 Å². The van der Waals surface area contributed by atoms with Gasteiger partial charge in [-0.25, -0.2) is 4.98 Å². The average Bonchev–Trinajstić information content (AvgIpc) is 2.86. The minimum Gasteiger partial charge on any atom is -0.431 e. The van der Waals surface area contributed by atoms with Crippen molar-refractivity contribution in [2.75, 3.05) is 5.32 Å². The quantitative estimate of drug-likeness (QED) is 0.800. The predicted molar refractivity (Wildman–Crippen MR) is 81.0 cm³/mol. The van der Waals surface area contributed by atoms with Crippen molar-refractivity contribution in [3.8, 4) is 5.75 Å². The molecule has 8 heteroatoms. The molecule has 1 heterocycles. The highest BCUT2D eigenvalue weighted by molar-refractivity contribution is 9.10. The van der Waals surface area contributed by atoms with E-state index in [4.69, 9.17) is 11.6 Å². The summed E-state index contributed by atoms with van der Waals surface area (Å²) in [4.78, 5) is 4.20. The van der Waals surface area contributed by atoms with E-state index in [1.165, 1.54) is 12.1 Å². The molecule has 0 unspecified atom stereocenters. The topological polar surface area (TPSA) is 39.1 Å². The number of nitrogens with one attached hydrogen (secondary N) is 1. The zero-order chi connectivity index (χ0) is 15.4. The zero-order valence-electron chi connectivity index (χ0n) is 11.1. The minimum absolute atomic E-state index is 0.0176. The molecular weight excluding hydrogens is 368 g/mol. The summed E-state index contributed by atoms with van der Waals surface area (Å²) < 4.78 is 31.8. The van der Waals surface area contributed by atoms with Gasteiger partial charge in [0.15, 0.2) is 5.75 Å². The second-order valence-electron chi connectivity index (χ2n) is 4.13. The van der Waals surface area contributed by atoms with Crippen molar-refractivity contribution in [3.63, 3.8) is 0 Å². The van der Waals surface area contributed by atoms with Crippen molar-refractivity contribution in [2.45, 2.75) is 26.6 Å². The lowest BCUT2D eigenvalue weighted by molar-refractivity contribution is -0.0498.